The third-order valence-electron chi connectivity index (χ3n) is 4.94. The smallest absolute Gasteiger partial charge is 0.245 e. The monoisotopic (exact) mass is 450 g/mol. The second-order valence-corrected chi connectivity index (χ2v) is 9.19. The van der Waals surface area contributed by atoms with Crippen LogP contribution in [0.5, 0.6) is 11.5 Å². The van der Waals surface area contributed by atoms with E-state index in [0.717, 1.165) is 29.9 Å². The van der Waals surface area contributed by atoms with Crippen LogP contribution in [0.2, 0.25) is 0 Å². The molecular weight excluding hydrogens is 416 g/mol. The number of amides is 2. The molecule has 9 heteroatoms. The van der Waals surface area contributed by atoms with Crippen molar-refractivity contribution in [2.75, 3.05) is 25.7 Å². The number of rotatable bonds is 9. The van der Waals surface area contributed by atoms with E-state index in [1.165, 1.54) is 0 Å². The Balaban J connectivity index is 1.99. The third-order valence-corrected chi connectivity index (χ3v) is 5.99. The summed E-state index contributed by atoms with van der Waals surface area (Å²) < 4.78 is 10.5. The van der Waals surface area contributed by atoms with Crippen LogP contribution in [0, 0.1) is 5.92 Å². The van der Waals surface area contributed by atoms with Gasteiger partial charge in [-0.1, -0.05) is 19.9 Å². The number of nitrogens with one attached hydrogen (secondary N) is 2. The van der Waals surface area contributed by atoms with E-state index in [1.54, 1.807) is 32.4 Å². The van der Waals surface area contributed by atoms with Crippen LogP contribution in [0.4, 0.5) is 0 Å². The van der Waals surface area contributed by atoms with Crippen LogP contribution in [0.3, 0.4) is 0 Å². The van der Waals surface area contributed by atoms with E-state index in [2.05, 4.69) is 15.6 Å². The van der Waals surface area contributed by atoms with E-state index in [9.17, 15) is 9.59 Å². The van der Waals surface area contributed by atoms with Crippen molar-refractivity contribution in [3.05, 3.63) is 23.8 Å². The Kier molecular flexibility index (Phi) is 9.97. The largest absolute Gasteiger partial charge is 0.493 e. The molecule has 4 N–H and O–H groups in total. The molecule has 0 spiro atoms. The molecule has 1 fully saturated rings. The van der Waals surface area contributed by atoms with Gasteiger partial charge in [-0.3, -0.25) is 14.9 Å². The standard InChI is InChI=1S/C22H34N4O4S/c1-14(2)11-17(21(28)24-16-7-9-31-10-8-16)25-22(23)26-20(27)13-15-5-6-18(29-3)19(12-15)30-4/h5-6,12,14,16-17H,7-11,13H2,1-4H3,(H,24,28)(H3,23,25,26,27)/t17-/m1/s1. The van der Waals surface area contributed by atoms with Crippen molar-refractivity contribution >= 4 is 29.5 Å². The van der Waals surface area contributed by atoms with Crippen molar-refractivity contribution < 1.29 is 19.1 Å². The van der Waals surface area contributed by atoms with Crippen LogP contribution in [0.15, 0.2) is 23.2 Å². The van der Waals surface area contributed by atoms with Crippen molar-refractivity contribution in [2.45, 2.75) is 51.6 Å². The first-order valence-corrected chi connectivity index (χ1v) is 11.7. The number of carbonyl (C=O) groups excluding carboxylic acids is 2. The molecule has 1 atom stereocenters. The zero-order valence-electron chi connectivity index (χ0n) is 18.8. The lowest BCUT2D eigenvalue weighted by atomic mass is 10.0. The number of thioether (sulfide) groups is 1. The summed E-state index contributed by atoms with van der Waals surface area (Å²) in [4.78, 5) is 29.5. The van der Waals surface area contributed by atoms with Gasteiger partial charge in [0.25, 0.3) is 0 Å². The predicted molar refractivity (Wildman–Crippen MR) is 125 cm³/mol. The minimum absolute atomic E-state index is 0.0505. The van der Waals surface area contributed by atoms with Crippen LogP contribution in [0.1, 0.15) is 38.7 Å². The van der Waals surface area contributed by atoms with Gasteiger partial charge in [-0.25, -0.2) is 4.99 Å². The fourth-order valence-electron chi connectivity index (χ4n) is 3.37. The second kappa shape index (κ2) is 12.4. The molecular formula is C22H34N4O4S. The Morgan fingerprint density at radius 2 is 1.87 bits per heavy atom. The van der Waals surface area contributed by atoms with Gasteiger partial charge in [0.1, 0.15) is 6.04 Å². The maximum atomic E-state index is 12.8. The molecule has 0 aromatic heterocycles. The summed E-state index contributed by atoms with van der Waals surface area (Å²) >= 11 is 1.91. The average Bonchev–Trinajstić information content (AvgIpc) is 2.73. The third kappa shape index (κ3) is 8.32. The quantitative estimate of drug-likeness (QED) is 0.392. The number of guanidine groups is 1. The van der Waals surface area contributed by atoms with Crippen molar-refractivity contribution in [2.24, 2.45) is 16.6 Å². The van der Waals surface area contributed by atoms with Crippen molar-refractivity contribution in [3.8, 4) is 11.5 Å². The number of nitrogens with two attached hydrogens (primary N) is 1. The molecule has 1 saturated heterocycles. The first-order valence-electron chi connectivity index (χ1n) is 10.5. The predicted octanol–water partition coefficient (Wildman–Crippen LogP) is 2.10. The highest BCUT2D eigenvalue weighted by molar-refractivity contribution is 7.99. The molecule has 0 aliphatic carbocycles. The Morgan fingerprint density at radius 3 is 2.48 bits per heavy atom. The summed E-state index contributed by atoms with van der Waals surface area (Å²) in [6.45, 7) is 4.05. The fraction of sp³-hybridized carbons (Fsp3) is 0.591. The average molecular weight is 451 g/mol. The molecule has 2 amide bonds. The highest BCUT2D eigenvalue weighted by atomic mass is 32.2. The van der Waals surface area contributed by atoms with Crippen LogP contribution in [-0.4, -0.2) is 55.6 Å². The highest BCUT2D eigenvalue weighted by Crippen LogP contribution is 2.27. The molecule has 31 heavy (non-hydrogen) atoms. The number of carbonyl (C=O) groups is 2. The minimum Gasteiger partial charge on any atom is -0.493 e. The molecule has 0 bridgehead atoms. The van der Waals surface area contributed by atoms with Crippen LogP contribution < -0.4 is 25.8 Å². The summed E-state index contributed by atoms with van der Waals surface area (Å²) in [5, 5.41) is 5.68. The lowest BCUT2D eigenvalue weighted by Crippen LogP contribution is -2.45. The highest BCUT2D eigenvalue weighted by Gasteiger charge is 2.24. The molecule has 1 aliphatic heterocycles. The SMILES string of the molecule is COc1ccc(CC(=O)NC(N)=N[C@H](CC(C)C)C(=O)NC2CCSCC2)cc1OC. The van der Waals surface area contributed by atoms with Gasteiger partial charge in [0.2, 0.25) is 11.8 Å². The molecule has 0 unspecified atom stereocenters. The normalized spacial score (nSPS) is 16.0. The number of hydrogen-bond acceptors (Lipinski definition) is 6. The van der Waals surface area contributed by atoms with Gasteiger partial charge in [0.05, 0.1) is 20.6 Å². The molecule has 1 aromatic rings. The number of hydrogen-bond donors (Lipinski definition) is 3. The van der Waals surface area contributed by atoms with Gasteiger partial charge >= 0.3 is 0 Å². The second-order valence-electron chi connectivity index (χ2n) is 7.97. The maximum Gasteiger partial charge on any atom is 0.245 e. The minimum atomic E-state index is -0.629. The zero-order chi connectivity index (χ0) is 22.8. The molecule has 2 rings (SSSR count). The Bertz CT molecular complexity index is 779. The summed E-state index contributed by atoms with van der Waals surface area (Å²) in [7, 11) is 3.09. The molecule has 1 heterocycles. The van der Waals surface area contributed by atoms with Crippen LogP contribution in [-0.2, 0) is 16.0 Å². The molecule has 8 nitrogen and oxygen atoms in total. The van der Waals surface area contributed by atoms with Gasteiger partial charge in [-0.05, 0) is 54.4 Å². The molecule has 0 saturated carbocycles. The molecule has 172 valence electrons. The summed E-state index contributed by atoms with van der Waals surface area (Å²) in [6.07, 6.45) is 2.58. The summed E-state index contributed by atoms with van der Waals surface area (Å²) in [5.41, 5.74) is 6.71. The van der Waals surface area contributed by atoms with Gasteiger partial charge < -0.3 is 20.5 Å². The summed E-state index contributed by atoms with van der Waals surface area (Å²) in [5.74, 6) is 3.00. The zero-order valence-corrected chi connectivity index (χ0v) is 19.6. The van der Waals surface area contributed by atoms with Gasteiger partial charge in [0, 0.05) is 6.04 Å². The number of ether oxygens (including phenoxy) is 2. The number of methoxy groups -OCH3 is 2. The topological polar surface area (TPSA) is 115 Å². The van der Waals surface area contributed by atoms with Crippen molar-refractivity contribution in [1.82, 2.24) is 10.6 Å². The van der Waals surface area contributed by atoms with E-state index >= 15 is 0 Å². The summed E-state index contributed by atoms with van der Waals surface area (Å²) in [6, 6.07) is 4.82. The van der Waals surface area contributed by atoms with Gasteiger partial charge in [0.15, 0.2) is 17.5 Å². The van der Waals surface area contributed by atoms with E-state index in [-0.39, 0.29) is 36.2 Å². The number of nitrogens with zero attached hydrogens (tertiary/aromatic N) is 1. The van der Waals surface area contributed by atoms with Crippen LogP contribution >= 0.6 is 11.8 Å². The Hall–Kier alpha value is -2.42. The first kappa shape index (κ1) is 24.8. The molecule has 1 aromatic carbocycles. The van der Waals surface area contributed by atoms with E-state index in [1.807, 2.05) is 25.6 Å². The lowest BCUT2D eigenvalue weighted by Gasteiger charge is -2.25. The van der Waals surface area contributed by atoms with E-state index < -0.39 is 6.04 Å². The Labute approximate surface area is 188 Å². The van der Waals surface area contributed by atoms with E-state index in [4.69, 9.17) is 15.2 Å². The van der Waals surface area contributed by atoms with Gasteiger partial charge in [-0.2, -0.15) is 11.8 Å². The van der Waals surface area contributed by atoms with Crippen molar-refractivity contribution in [3.63, 3.8) is 0 Å². The fourth-order valence-corrected chi connectivity index (χ4v) is 4.47. The van der Waals surface area contributed by atoms with Crippen molar-refractivity contribution in [1.29, 1.82) is 0 Å². The first-order chi connectivity index (χ1) is 14.8. The van der Waals surface area contributed by atoms with E-state index in [0.29, 0.717) is 17.9 Å². The Morgan fingerprint density at radius 1 is 1.19 bits per heavy atom. The van der Waals surface area contributed by atoms with Crippen LogP contribution in [0.25, 0.3) is 0 Å². The maximum absolute atomic E-state index is 12.8. The lowest BCUT2D eigenvalue weighted by molar-refractivity contribution is -0.123. The number of aliphatic imine (C=N–C) groups is 1. The van der Waals surface area contributed by atoms with Gasteiger partial charge in [-0.15, -0.1) is 0 Å². The number of benzene rings is 1. The molecule has 1 aliphatic rings. The molecule has 0 radical (unpaired) electrons.